The van der Waals surface area contributed by atoms with Gasteiger partial charge in [0.05, 0.1) is 19.8 Å². The maximum absolute atomic E-state index is 15.0. The zero-order valence-corrected chi connectivity index (χ0v) is 21.1. The van der Waals surface area contributed by atoms with Crippen LogP contribution in [0.5, 0.6) is 11.5 Å². The monoisotopic (exact) mass is 485 g/mol. The molecule has 3 aromatic carbocycles. The van der Waals surface area contributed by atoms with Gasteiger partial charge in [0, 0.05) is 12.0 Å². The minimum atomic E-state index is -0.588. The minimum Gasteiger partial charge on any atom is -1.00 e. The van der Waals surface area contributed by atoms with Crippen LogP contribution in [0.3, 0.4) is 0 Å². The molecule has 0 aliphatic carbocycles. The summed E-state index contributed by atoms with van der Waals surface area (Å²) < 4.78 is 42.9. The number of halogens is 3. The number of rotatable bonds is 4. The third kappa shape index (κ3) is 4.54. The fraction of sp³-hybridized carbons (Fsp3) is 0.321. The lowest BCUT2D eigenvalue weighted by Gasteiger charge is -2.25. The number of hydrogen-bond donors (Lipinski definition) is 0. The van der Waals surface area contributed by atoms with E-state index in [-0.39, 0.29) is 29.6 Å². The van der Waals surface area contributed by atoms with Gasteiger partial charge >= 0.3 is 0 Å². The fourth-order valence-electron chi connectivity index (χ4n) is 4.54. The second-order valence-corrected chi connectivity index (χ2v) is 9.53. The van der Waals surface area contributed by atoms with E-state index >= 15 is 8.78 Å². The molecule has 0 bridgehead atoms. The van der Waals surface area contributed by atoms with Crippen molar-refractivity contribution in [3.63, 3.8) is 0 Å². The number of ether oxygens (including phenoxy) is 2. The Balaban J connectivity index is 0.00000324. The molecule has 0 N–H and O–H groups in total. The Morgan fingerprint density at radius 2 is 1.44 bits per heavy atom. The van der Waals surface area contributed by atoms with Gasteiger partial charge in [-0.15, -0.1) is 0 Å². The van der Waals surface area contributed by atoms with E-state index < -0.39 is 11.6 Å². The summed E-state index contributed by atoms with van der Waals surface area (Å²) in [6, 6.07) is 15.9. The van der Waals surface area contributed by atoms with Gasteiger partial charge in [-0.05, 0) is 59.9 Å². The highest BCUT2D eigenvalue weighted by Crippen LogP contribution is 2.37. The van der Waals surface area contributed by atoms with E-state index in [1.54, 1.807) is 18.8 Å². The van der Waals surface area contributed by atoms with E-state index in [4.69, 9.17) is 9.47 Å². The Kier molecular flexibility index (Phi) is 7.37. The van der Waals surface area contributed by atoms with E-state index in [1.165, 1.54) is 23.8 Å². The molecule has 0 fully saturated rings. The highest BCUT2D eigenvalue weighted by atomic mass is 35.5. The first-order chi connectivity index (χ1) is 15.7. The normalized spacial score (nSPS) is 15.5. The van der Waals surface area contributed by atoms with Crippen LogP contribution in [0.2, 0.25) is 0 Å². The molecule has 1 unspecified atom stereocenters. The number of benzene rings is 3. The Morgan fingerprint density at radius 3 is 1.97 bits per heavy atom. The topological polar surface area (TPSA) is 21.5 Å². The average molecular weight is 486 g/mol. The van der Waals surface area contributed by atoms with Crippen molar-refractivity contribution in [2.75, 3.05) is 14.2 Å². The summed E-state index contributed by atoms with van der Waals surface area (Å²) in [4.78, 5) is 0. The van der Waals surface area contributed by atoms with Gasteiger partial charge in [-0.1, -0.05) is 39.0 Å². The van der Waals surface area contributed by atoms with Crippen molar-refractivity contribution in [2.45, 2.75) is 45.6 Å². The van der Waals surface area contributed by atoms with Crippen molar-refractivity contribution in [1.82, 2.24) is 0 Å². The summed E-state index contributed by atoms with van der Waals surface area (Å²) in [5.74, 6) is 0.0316. The first-order valence-corrected chi connectivity index (χ1v) is 11.1. The number of nitrogens with zero attached hydrogens (tertiary/aromatic N) is 1. The third-order valence-corrected chi connectivity index (χ3v) is 6.26. The lowest BCUT2D eigenvalue weighted by molar-refractivity contribution is -0.485. The molecule has 0 saturated carbocycles. The molecule has 34 heavy (non-hydrogen) atoms. The van der Waals surface area contributed by atoms with Gasteiger partial charge in [-0.3, -0.25) is 0 Å². The van der Waals surface area contributed by atoms with Crippen molar-refractivity contribution < 1.29 is 35.2 Å². The molecule has 180 valence electrons. The predicted molar refractivity (Wildman–Crippen MR) is 127 cm³/mol. The molecule has 0 aromatic heterocycles. The third-order valence-electron chi connectivity index (χ3n) is 6.26. The zero-order chi connectivity index (χ0) is 23.9. The lowest BCUT2D eigenvalue weighted by atomic mass is 9.84. The summed E-state index contributed by atoms with van der Waals surface area (Å²) in [6.45, 7) is 8.46. The smallest absolute Gasteiger partial charge is 0.278 e. The first-order valence-electron chi connectivity index (χ1n) is 11.1. The van der Waals surface area contributed by atoms with Crippen LogP contribution in [0, 0.1) is 11.6 Å². The van der Waals surface area contributed by atoms with Gasteiger partial charge in [0.2, 0.25) is 5.71 Å². The van der Waals surface area contributed by atoms with Gasteiger partial charge < -0.3 is 21.9 Å². The van der Waals surface area contributed by atoms with E-state index in [1.807, 2.05) is 31.2 Å². The van der Waals surface area contributed by atoms with E-state index in [0.29, 0.717) is 17.9 Å². The zero-order valence-electron chi connectivity index (χ0n) is 20.4. The van der Waals surface area contributed by atoms with Crippen molar-refractivity contribution in [3.8, 4) is 11.5 Å². The van der Waals surface area contributed by atoms with Crippen molar-refractivity contribution in [3.05, 3.63) is 88.5 Å². The van der Waals surface area contributed by atoms with Gasteiger partial charge in [0.1, 0.15) is 0 Å². The first kappa shape index (κ1) is 25.7. The highest BCUT2D eigenvalue weighted by molar-refractivity contribution is 6.12. The summed E-state index contributed by atoms with van der Waals surface area (Å²) >= 11 is 0. The molecular formula is C28H30ClF2NO2. The van der Waals surface area contributed by atoms with Gasteiger partial charge in [-0.2, -0.15) is 13.4 Å². The van der Waals surface area contributed by atoms with Gasteiger partial charge in [-0.25, -0.2) is 0 Å². The van der Waals surface area contributed by atoms with Crippen LogP contribution in [0.4, 0.5) is 14.5 Å². The number of methoxy groups -OCH3 is 2. The number of fused-ring (bicyclic) bond motifs is 1. The molecule has 3 aromatic rings. The number of hydrogen-bond acceptors (Lipinski definition) is 2. The molecule has 1 atom stereocenters. The van der Waals surface area contributed by atoms with Gasteiger partial charge in [0.15, 0.2) is 29.2 Å². The Morgan fingerprint density at radius 1 is 0.882 bits per heavy atom. The highest BCUT2D eigenvalue weighted by Gasteiger charge is 2.38. The average Bonchev–Trinajstić information content (AvgIpc) is 2.77. The Bertz CT molecular complexity index is 1210. The van der Waals surface area contributed by atoms with Crippen molar-refractivity contribution >= 4 is 11.4 Å². The molecular weight excluding hydrogens is 456 g/mol. The van der Waals surface area contributed by atoms with Crippen LogP contribution in [-0.4, -0.2) is 30.5 Å². The molecule has 3 nitrogen and oxygen atoms in total. The van der Waals surface area contributed by atoms with Crippen LogP contribution < -0.4 is 21.9 Å². The molecule has 0 amide bonds. The number of para-hydroxylation sites is 1. The molecule has 1 heterocycles. The quantitative estimate of drug-likeness (QED) is 0.528. The Labute approximate surface area is 206 Å². The standard InChI is InChI=1S/C28H30F2NO2.ClH/c1-17-14-19-15-24(32-5)25(33-6)16-21(19)26(18-10-12-20(13-11-18)28(2,3)4)31(17)27-22(29)8-7-9-23(27)30;/h7-13,15-17H,14H2,1-6H3;1H/q+1;/p-1. The van der Waals surface area contributed by atoms with E-state index in [9.17, 15) is 0 Å². The molecule has 0 radical (unpaired) electrons. The van der Waals surface area contributed by atoms with Crippen LogP contribution >= 0.6 is 0 Å². The van der Waals surface area contributed by atoms with Crippen molar-refractivity contribution in [2.24, 2.45) is 0 Å². The van der Waals surface area contributed by atoms with Crippen LogP contribution in [0.15, 0.2) is 54.6 Å². The maximum atomic E-state index is 15.0. The summed E-state index contributed by atoms with van der Waals surface area (Å²) in [5.41, 5.74) is 4.68. The van der Waals surface area contributed by atoms with Crippen LogP contribution in [-0.2, 0) is 11.8 Å². The van der Waals surface area contributed by atoms with Crippen molar-refractivity contribution in [1.29, 1.82) is 0 Å². The summed E-state index contributed by atoms with van der Waals surface area (Å²) in [6.07, 6.45) is 0.604. The maximum Gasteiger partial charge on any atom is 0.278 e. The van der Waals surface area contributed by atoms with Gasteiger partial charge in [0.25, 0.3) is 5.69 Å². The summed E-state index contributed by atoms with van der Waals surface area (Å²) in [5, 5.41) is 0. The predicted octanol–water partition coefficient (Wildman–Crippen LogP) is 3.41. The molecule has 1 aliphatic heterocycles. The second kappa shape index (κ2) is 9.75. The van der Waals surface area contributed by atoms with E-state index in [0.717, 1.165) is 22.4 Å². The fourth-order valence-corrected chi connectivity index (χ4v) is 4.54. The van der Waals surface area contributed by atoms with Crippen LogP contribution in [0.1, 0.15) is 49.9 Å². The molecule has 0 saturated heterocycles. The summed E-state index contributed by atoms with van der Waals surface area (Å²) in [7, 11) is 3.19. The molecule has 6 heteroatoms. The lowest BCUT2D eigenvalue weighted by Crippen LogP contribution is -3.00. The molecule has 0 spiro atoms. The molecule has 1 aliphatic rings. The molecule has 4 rings (SSSR count). The van der Waals surface area contributed by atoms with Crippen LogP contribution in [0.25, 0.3) is 0 Å². The largest absolute Gasteiger partial charge is 1.00 e. The second-order valence-electron chi connectivity index (χ2n) is 9.53. The SMILES string of the molecule is COc1cc2c(cc1OC)C(c1ccc(C(C)(C)C)cc1)=[N+](c1c(F)cccc1F)C(C)C2.[Cl-]. The minimum absolute atomic E-state index is 0. The van der Waals surface area contributed by atoms with E-state index in [2.05, 4.69) is 32.9 Å². The Hall–Kier alpha value is -2.92.